The van der Waals surface area contributed by atoms with E-state index in [0.29, 0.717) is 0 Å². The normalized spacial score (nSPS) is 18.2. The number of rotatable bonds is 4. The van der Waals surface area contributed by atoms with Crippen LogP contribution in [0.5, 0.6) is 0 Å². The average molecular weight is 387 g/mol. The molecule has 2 heterocycles. The van der Waals surface area contributed by atoms with Crippen molar-refractivity contribution in [1.82, 2.24) is 10.3 Å². The molecule has 2 amide bonds. The van der Waals surface area contributed by atoms with Gasteiger partial charge >= 0.3 is 12.6 Å². The van der Waals surface area contributed by atoms with Crippen LogP contribution in [-0.2, 0) is 4.74 Å². The highest BCUT2D eigenvalue weighted by Crippen LogP contribution is 2.25. The standard InChI is InChI=1S/C19H19F2N5O2/c20-18(21)26-17-13(10-22)9-16-23-14(17)7-4-8-28-11-15(24-19(27)25-16)12-5-2-1-3-6-12/h1-7,9-10,15,18,22,26H,8,11H2,(H2,23,24,25,27)/b7-4-,22-10?. The van der Waals surface area contributed by atoms with E-state index in [2.05, 4.69) is 15.6 Å². The van der Waals surface area contributed by atoms with E-state index in [0.717, 1.165) is 11.8 Å². The van der Waals surface area contributed by atoms with E-state index in [1.54, 1.807) is 6.08 Å². The maximum atomic E-state index is 12.8. The molecule has 3 rings (SSSR count). The predicted molar refractivity (Wildman–Crippen MR) is 103 cm³/mol. The van der Waals surface area contributed by atoms with Crippen LogP contribution in [0.2, 0.25) is 0 Å². The molecule has 146 valence electrons. The third kappa shape index (κ3) is 4.89. The number of halogens is 2. The van der Waals surface area contributed by atoms with Crippen LogP contribution in [0.15, 0.2) is 42.5 Å². The molecular weight excluding hydrogens is 368 g/mol. The topological polar surface area (TPSA) is 99.1 Å². The second-order valence-corrected chi connectivity index (χ2v) is 5.95. The van der Waals surface area contributed by atoms with Crippen molar-refractivity contribution in [1.29, 1.82) is 5.41 Å². The molecule has 0 saturated heterocycles. The number of carbonyl (C=O) groups excluding carboxylic acids is 1. The second-order valence-electron chi connectivity index (χ2n) is 5.95. The fourth-order valence-electron chi connectivity index (χ4n) is 2.78. The summed E-state index contributed by atoms with van der Waals surface area (Å²) in [4.78, 5) is 16.6. The number of pyridine rings is 1. The average Bonchev–Trinajstić information content (AvgIpc) is 2.67. The van der Waals surface area contributed by atoms with Crippen LogP contribution in [0.1, 0.15) is 22.9 Å². The first-order chi connectivity index (χ1) is 13.6. The quantitative estimate of drug-likeness (QED) is 0.476. The van der Waals surface area contributed by atoms with Gasteiger partial charge in [0.2, 0.25) is 0 Å². The number of urea groups is 1. The largest absolute Gasteiger partial charge is 0.375 e. The predicted octanol–water partition coefficient (Wildman–Crippen LogP) is 3.62. The highest BCUT2D eigenvalue weighted by Gasteiger charge is 2.18. The Morgan fingerprint density at radius 1 is 1.32 bits per heavy atom. The number of carbonyl (C=O) groups is 1. The number of ether oxygens (including phenoxy) is 1. The summed E-state index contributed by atoms with van der Waals surface area (Å²) in [5.41, 5.74) is 1.22. The van der Waals surface area contributed by atoms with Crippen molar-refractivity contribution < 1.29 is 18.3 Å². The Labute approximate surface area is 160 Å². The molecule has 7 nitrogen and oxygen atoms in total. The molecule has 0 saturated carbocycles. The number of nitrogens with one attached hydrogen (secondary N) is 4. The van der Waals surface area contributed by atoms with E-state index >= 15 is 0 Å². The van der Waals surface area contributed by atoms with E-state index in [4.69, 9.17) is 10.1 Å². The van der Waals surface area contributed by atoms with Gasteiger partial charge < -0.3 is 20.8 Å². The maximum absolute atomic E-state index is 12.8. The van der Waals surface area contributed by atoms with E-state index in [1.807, 2.05) is 35.6 Å². The molecule has 1 aliphatic heterocycles. The van der Waals surface area contributed by atoms with Gasteiger partial charge in [0.25, 0.3) is 0 Å². The van der Waals surface area contributed by atoms with E-state index in [1.165, 1.54) is 12.1 Å². The summed E-state index contributed by atoms with van der Waals surface area (Å²) >= 11 is 0. The summed E-state index contributed by atoms with van der Waals surface area (Å²) in [6.45, 7) is -2.39. The lowest BCUT2D eigenvalue weighted by Crippen LogP contribution is -2.35. The van der Waals surface area contributed by atoms with Crippen molar-refractivity contribution in [2.24, 2.45) is 0 Å². The van der Waals surface area contributed by atoms with Crippen LogP contribution >= 0.6 is 0 Å². The molecule has 2 aromatic rings. The molecule has 0 spiro atoms. The number of anilines is 2. The van der Waals surface area contributed by atoms with Crippen molar-refractivity contribution in [2.45, 2.75) is 12.6 Å². The van der Waals surface area contributed by atoms with Gasteiger partial charge in [0.15, 0.2) is 0 Å². The molecule has 1 aromatic carbocycles. The van der Waals surface area contributed by atoms with Gasteiger partial charge in [0.1, 0.15) is 5.82 Å². The number of benzene rings is 1. The zero-order valence-electron chi connectivity index (χ0n) is 14.8. The van der Waals surface area contributed by atoms with Crippen LogP contribution in [0.3, 0.4) is 0 Å². The first-order valence-corrected chi connectivity index (χ1v) is 8.54. The van der Waals surface area contributed by atoms with Crippen molar-refractivity contribution in [3.8, 4) is 0 Å². The number of fused-ring (bicyclic) bond motifs is 2. The molecule has 2 bridgehead atoms. The molecule has 1 aliphatic rings. The number of alkyl halides is 2. The Balaban J connectivity index is 1.92. The summed E-state index contributed by atoms with van der Waals surface area (Å²) in [6.07, 6.45) is 4.07. The molecule has 1 atom stereocenters. The van der Waals surface area contributed by atoms with Gasteiger partial charge in [-0.1, -0.05) is 36.4 Å². The van der Waals surface area contributed by atoms with Crippen molar-refractivity contribution in [2.75, 3.05) is 23.8 Å². The van der Waals surface area contributed by atoms with E-state index in [9.17, 15) is 13.6 Å². The third-order valence-electron chi connectivity index (χ3n) is 4.01. The zero-order valence-corrected chi connectivity index (χ0v) is 14.8. The van der Waals surface area contributed by atoms with Crippen LogP contribution < -0.4 is 16.0 Å². The number of hydrogen-bond acceptors (Lipinski definition) is 5. The summed E-state index contributed by atoms with van der Waals surface area (Å²) in [6, 6.07) is 9.82. The third-order valence-corrected chi connectivity index (χ3v) is 4.01. The van der Waals surface area contributed by atoms with Gasteiger partial charge in [-0.05, 0) is 17.7 Å². The fraction of sp³-hybridized carbons (Fsp3) is 0.211. The Morgan fingerprint density at radius 2 is 2.11 bits per heavy atom. The lowest BCUT2D eigenvalue weighted by atomic mass is 10.1. The van der Waals surface area contributed by atoms with Gasteiger partial charge in [-0.2, -0.15) is 8.78 Å². The minimum absolute atomic E-state index is 0.00595. The first-order valence-electron chi connectivity index (χ1n) is 8.54. The maximum Gasteiger partial charge on any atom is 0.320 e. The van der Waals surface area contributed by atoms with Crippen LogP contribution in [-0.4, -0.2) is 37.0 Å². The van der Waals surface area contributed by atoms with Gasteiger partial charge in [-0.25, -0.2) is 9.78 Å². The molecule has 1 aromatic heterocycles. The monoisotopic (exact) mass is 387 g/mol. The molecular formula is C19H19F2N5O2. The van der Waals surface area contributed by atoms with Gasteiger partial charge in [0.05, 0.1) is 30.6 Å². The lowest BCUT2D eigenvalue weighted by Gasteiger charge is -2.20. The zero-order chi connectivity index (χ0) is 19.9. The molecule has 4 N–H and O–H groups in total. The Morgan fingerprint density at radius 3 is 2.82 bits per heavy atom. The number of amides is 2. The lowest BCUT2D eigenvalue weighted by molar-refractivity contribution is 0.138. The molecule has 0 radical (unpaired) electrons. The Hall–Kier alpha value is -3.33. The molecule has 0 fully saturated rings. The first kappa shape index (κ1) is 19.4. The summed E-state index contributed by atoms with van der Waals surface area (Å²) in [7, 11) is 0. The Kier molecular flexibility index (Phi) is 6.28. The van der Waals surface area contributed by atoms with Crippen molar-refractivity contribution in [3.63, 3.8) is 0 Å². The highest BCUT2D eigenvalue weighted by molar-refractivity contribution is 5.94. The van der Waals surface area contributed by atoms with E-state index < -0.39 is 12.6 Å². The van der Waals surface area contributed by atoms with Gasteiger partial charge in [-0.3, -0.25) is 5.32 Å². The summed E-state index contributed by atoms with van der Waals surface area (Å²) in [5, 5.41) is 14.9. The summed E-state index contributed by atoms with van der Waals surface area (Å²) < 4.78 is 31.3. The van der Waals surface area contributed by atoms with Crippen molar-refractivity contribution in [3.05, 3.63) is 59.3 Å². The minimum Gasteiger partial charge on any atom is -0.375 e. The number of hydrogen-bond donors (Lipinski definition) is 4. The molecule has 28 heavy (non-hydrogen) atoms. The second kappa shape index (κ2) is 9.05. The number of nitrogens with zero attached hydrogens (tertiary/aromatic N) is 1. The van der Waals surface area contributed by atoms with Gasteiger partial charge in [0, 0.05) is 11.8 Å². The van der Waals surface area contributed by atoms with Crippen LogP contribution in [0.4, 0.5) is 25.1 Å². The van der Waals surface area contributed by atoms with Crippen molar-refractivity contribution >= 4 is 29.8 Å². The smallest absolute Gasteiger partial charge is 0.320 e. The van der Waals surface area contributed by atoms with E-state index in [-0.39, 0.29) is 42.0 Å². The Bertz CT molecular complexity index is 874. The van der Waals surface area contributed by atoms with Gasteiger partial charge in [-0.15, -0.1) is 0 Å². The summed E-state index contributed by atoms with van der Waals surface area (Å²) in [5.74, 6) is 0.142. The molecule has 9 heteroatoms. The fourth-order valence-corrected chi connectivity index (χ4v) is 2.78. The number of aromatic nitrogens is 1. The SMILES string of the molecule is N=Cc1cc2nc(c1NC(F)F)/C=C\COCC(c1ccccc1)NC(=O)N2. The molecule has 0 aliphatic carbocycles. The molecule has 1 unspecified atom stereocenters. The van der Waals surface area contributed by atoms with Crippen LogP contribution in [0.25, 0.3) is 6.08 Å². The van der Waals surface area contributed by atoms with Crippen LogP contribution in [0, 0.1) is 5.41 Å². The minimum atomic E-state index is -2.82. The highest BCUT2D eigenvalue weighted by atomic mass is 19.3.